The predicted molar refractivity (Wildman–Crippen MR) is 69.6 cm³/mol. The first-order valence-electron chi connectivity index (χ1n) is 6.48. The zero-order chi connectivity index (χ0) is 13.4. The van der Waals surface area contributed by atoms with Gasteiger partial charge in [-0.25, -0.2) is 9.37 Å². The molecule has 4 heterocycles. The molecule has 1 atom stereocenters. The highest BCUT2D eigenvalue weighted by atomic mass is 35.5. The van der Waals surface area contributed by atoms with Crippen molar-refractivity contribution in [2.45, 2.75) is 18.9 Å². The van der Waals surface area contributed by atoms with Crippen LogP contribution in [0.4, 0.5) is 4.39 Å². The van der Waals surface area contributed by atoms with Crippen molar-refractivity contribution < 1.29 is 9.18 Å². The number of nitrogens with zero attached hydrogens (tertiary/aromatic N) is 2. The molecule has 3 fully saturated rings. The van der Waals surface area contributed by atoms with E-state index in [4.69, 9.17) is 11.6 Å². The maximum absolute atomic E-state index is 13.3. The monoisotopic (exact) mass is 283 g/mol. The van der Waals surface area contributed by atoms with Crippen molar-refractivity contribution in [3.05, 3.63) is 28.8 Å². The Kier molecular flexibility index (Phi) is 3.41. The molecule has 0 unspecified atom stereocenters. The van der Waals surface area contributed by atoms with Crippen molar-refractivity contribution in [3.8, 4) is 0 Å². The molecular weight excluding hydrogens is 269 g/mol. The minimum atomic E-state index is -0.615. The number of aromatic nitrogens is 1. The third-order valence-corrected chi connectivity index (χ3v) is 4.29. The second kappa shape index (κ2) is 5.06. The van der Waals surface area contributed by atoms with E-state index in [2.05, 4.69) is 15.2 Å². The summed E-state index contributed by atoms with van der Waals surface area (Å²) in [4.78, 5) is 18.3. The van der Waals surface area contributed by atoms with Crippen molar-refractivity contribution in [1.82, 2.24) is 15.2 Å². The van der Waals surface area contributed by atoms with Gasteiger partial charge in [0.1, 0.15) is 11.5 Å². The van der Waals surface area contributed by atoms with E-state index < -0.39 is 5.82 Å². The molecule has 0 radical (unpaired) electrons. The third-order valence-electron chi connectivity index (χ3n) is 4.01. The van der Waals surface area contributed by atoms with E-state index in [1.165, 1.54) is 6.20 Å². The first kappa shape index (κ1) is 12.8. The number of rotatable bonds is 2. The van der Waals surface area contributed by atoms with E-state index in [0.29, 0.717) is 5.92 Å². The van der Waals surface area contributed by atoms with Gasteiger partial charge in [0.25, 0.3) is 5.91 Å². The number of halogens is 2. The van der Waals surface area contributed by atoms with Gasteiger partial charge in [-0.05, 0) is 31.8 Å². The van der Waals surface area contributed by atoms with Crippen LogP contribution in [0.3, 0.4) is 0 Å². The highest BCUT2D eigenvalue weighted by Crippen LogP contribution is 2.27. The first-order chi connectivity index (χ1) is 9.13. The predicted octanol–water partition coefficient (Wildman–Crippen LogP) is 1.70. The molecule has 102 valence electrons. The fourth-order valence-corrected chi connectivity index (χ4v) is 3.01. The summed E-state index contributed by atoms with van der Waals surface area (Å²) in [5, 5.41) is 2.89. The van der Waals surface area contributed by atoms with Gasteiger partial charge in [0.15, 0.2) is 0 Å². The van der Waals surface area contributed by atoms with Crippen LogP contribution in [0.2, 0.25) is 5.02 Å². The standard InChI is InChI=1S/C13H15ClFN3O/c14-9-6-16-11(5-10(9)15)13(19)17-12-7-18-3-1-8(12)2-4-18/h5-6,8,12H,1-4,7H2,(H,17,19)/t12-/m0/s1. The molecule has 1 aromatic heterocycles. The summed E-state index contributed by atoms with van der Waals surface area (Å²) in [6.07, 6.45) is 3.41. The molecule has 1 N–H and O–H groups in total. The van der Waals surface area contributed by atoms with E-state index in [0.717, 1.165) is 38.5 Å². The lowest BCUT2D eigenvalue weighted by Gasteiger charge is -2.44. The summed E-state index contributed by atoms with van der Waals surface area (Å²) in [6, 6.07) is 1.23. The lowest BCUT2D eigenvalue weighted by molar-refractivity contribution is 0.0617. The molecule has 0 aliphatic carbocycles. The Morgan fingerprint density at radius 3 is 2.79 bits per heavy atom. The Bertz CT molecular complexity index is 503. The van der Waals surface area contributed by atoms with Gasteiger partial charge >= 0.3 is 0 Å². The number of hydrogen-bond acceptors (Lipinski definition) is 3. The van der Waals surface area contributed by atoms with Crippen LogP contribution in [-0.2, 0) is 0 Å². The number of carbonyl (C=O) groups is 1. The SMILES string of the molecule is O=C(N[C@H]1CN2CCC1CC2)c1cc(F)c(Cl)cn1. The van der Waals surface area contributed by atoms with E-state index in [1.807, 2.05) is 0 Å². The Balaban J connectivity index is 1.69. The van der Waals surface area contributed by atoms with Crippen molar-refractivity contribution in [2.24, 2.45) is 5.92 Å². The van der Waals surface area contributed by atoms with Gasteiger partial charge in [-0.1, -0.05) is 11.6 Å². The molecule has 4 rings (SSSR count). The molecule has 1 aromatic rings. The molecule has 3 saturated heterocycles. The van der Waals surface area contributed by atoms with Crippen LogP contribution in [0.15, 0.2) is 12.3 Å². The van der Waals surface area contributed by atoms with Crippen molar-refractivity contribution in [2.75, 3.05) is 19.6 Å². The average Bonchev–Trinajstić information content (AvgIpc) is 2.43. The van der Waals surface area contributed by atoms with Gasteiger partial charge in [-0.3, -0.25) is 4.79 Å². The smallest absolute Gasteiger partial charge is 0.270 e. The normalized spacial score (nSPS) is 29.3. The quantitative estimate of drug-likeness (QED) is 0.898. The number of carbonyl (C=O) groups excluding carboxylic acids is 1. The van der Waals surface area contributed by atoms with Crippen LogP contribution >= 0.6 is 11.6 Å². The Labute approximate surface area is 115 Å². The third kappa shape index (κ3) is 2.58. The highest BCUT2D eigenvalue weighted by molar-refractivity contribution is 6.30. The Morgan fingerprint density at radius 1 is 1.47 bits per heavy atom. The highest BCUT2D eigenvalue weighted by Gasteiger charge is 2.35. The number of nitrogens with one attached hydrogen (secondary N) is 1. The van der Waals surface area contributed by atoms with Crippen molar-refractivity contribution in [1.29, 1.82) is 0 Å². The lowest BCUT2D eigenvalue weighted by atomic mass is 9.84. The number of amides is 1. The Morgan fingerprint density at radius 2 is 2.21 bits per heavy atom. The minimum Gasteiger partial charge on any atom is -0.346 e. The molecule has 6 heteroatoms. The zero-order valence-electron chi connectivity index (χ0n) is 10.4. The van der Waals surface area contributed by atoms with Crippen LogP contribution in [0.1, 0.15) is 23.3 Å². The summed E-state index contributed by atoms with van der Waals surface area (Å²) in [7, 11) is 0. The fraction of sp³-hybridized carbons (Fsp3) is 0.538. The summed E-state index contributed by atoms with van der Waals surface area (Å²) in [5.74, 6) is -0.406. The number of piperidine rings is 3. The lowest BCUT2D eigenvalue weighted by Crippen LogP contribution is -2.57. The van der Waals surface area contributed by atoms with Crippen molar-refractivity contribution in [3.63, 3.8) is 0 Å². The van der Waals surface area contributed by atoms with Gasteiger partial charge in [0, 0.05) is 24.8 Å². The second-order valence-electron chi connectivity index (χ2n) is 5.20. The van der Waals surface area contributed by atoms with E-state index in [-0.39, 0.29) is 22.7 Å². The van der Waals surface area contributed by atoms with Crippen LogP contribution in [0.5, 0.6) is 0 Å². The van der Waals surface area contributed by atoms with Crippen LogP contribution in [0.25, 0.3) is 0 Å². The summed E-state index contributed by atoms with van der Waals surface area (Å²) in [5.41, 5.74) is 0.0818. The fourth-order valence-electron chi connectivity index (χ4n) is 2.91. The number of fused-ring (bicyclic) bond motifs is 3. The van der Waals surface area contributed by atoms with Gasteiger partial charge in [-0.2, -0.15) is 0 Å². The first-order valence-corrected chi connectivity index (χ1v) is 6.85. The maximum atomic E-state index is 13.3. The molecule has 0 spiro atoms. The van der Waals surface area contributed by atoms with Gasteiger partial charge in [-0.15, -0.1) is 0 Å². The minimum absolute atomic E-state index is 0.0700. The zero-order valence-corrected chi connectivity index (χ0v) is 11.2. The topological polar surface area (TPSA) is 45.2 Å². The van der Waals surface area contributed by atoms with Gasteiger partial charge in [0.05, 0.1) is 5.02 Å². The summed E-state index contributed by atoms with van der Waals surface area (Å²) < 4.78 is 13.3. The molecule has 2 bridgehead atoms. The van der Waals surface area contributed by atoms with Crippen LogP contribution in [0, 0.1) is 11.7 Å². The molecule has 1 amide bonds. The molecule has 19 heavy (non-hydrogen) atoms. The largest absolute Gasteiger partial charge is 0.346 e. The molecule has 0 saturated carbocycles. The maximum Gasteiger partial charge on any atom is 0.270 e. The van der Waals surface area contributed by atoms with Crippen LogP contribution < -0.4 is 5.32 Å². The van der Waals surface area contributed by atoms with Crippen molar-refractivity contribution >= 4 is 17.5 Å². The van der Waals surface area contributed by atoms with E-state index in [9.17, 15) is 9.18 Å². The molecule has 3 aliphatic rings. The summed E-state index contributed by atoms with van der Waals surface area (Å²) >= 11 is 5.55. The molecule has 4 nitrogen and oxygen atoms in total. The van der Waals surface area contributed by atoms with E-state index in [1.54, 1.807) is 0 Å². The molecule has 0 aromatic carbocycles. The van der Waals surface area contributed by atoms with Gasteiger partial charge in [0.2, 0.25) is 0 Å². The van der Waals surface area contributed by atoms with Gasteiger partial charge < -0.3 is 10.2 Å². The summed E-state index contributed by atoms with van der Waals surface area (Å²) in [6.45, 7) is 3.11. The molecule has 3 aliphatic heterocycles. The van der Waals surface area contributed by atoms with Crippen LogP contribution in [-0.4, -0.2) is 41.5 Å². The second-order valence-corrected chi connectivity index (χ2v) is 5.61. The number of hydrogen-bond donors (Lipinski definition) is 1. The van der Waals surface area contributed by atoms with E-state index >= 15 is 0 Å². The average molecular weight is 284 g/mol. The molecular formula is C13H15ClFN3O. The Hall–Kier alpha value is -1.20. The number of pyridine rings is 1.